The van der Waals surface area contributed by atoms with Gasteiger partial charge >= 0.3 is 0 Å². The second-order valence-corrected chi connectivity index (χ2v) is 8.08. The van der Waals surface area contributed by atoms with Crippen molar-refractivity contribution >= 4 is 0 Å². The lowest BCUT2D eigenvalue weighted by Crippen LogP contribution is -2.60. The molecule has 0 saturated carbocycles. The van der Waals surface area contributed by atoms with Gasteiger partial charge in [-0.2, -0.15) is 0 Å². The Hall–Kier alpha value is -2.58. The van der Waals surface area contributed by atoms with Crippen molar-refractivity contribution in [1.29, 1.82) is 0 Å². The Labute approximate surface area is 194 Å². The van der Waals surface area contributed by atoms with Crippen molar-refractivity contribution in [1.82, 2.24) is 0 Å². The molecule has 5 atom stereocenters. The highest BCUT2D eigenvalue weighted by atomic mass is 16.7. The summed E-state index contributed by atoms with van der Waals surface area (Å²) in [7, 11) is 0. The molecular weight excluding hydrogens is 420 g/mol. The number of hydrogen-bond acceptors (Lipinski definition) is 6. The maximum absolute atomic E-state index is 10.7. The van der Waals surface area contributed by atoms with Crippen LogP contribution in [0.5, 0.6) is 0 Å². The minimum absolute atomic E-state index is 0.184. The quantitative estimate of drug-likeness (QED) is 0.493. The van der Waals surface area contributed by atoms with Crippen LogP contribution in [-0.2, 0) is 38.8 Å². The zero-order chi connectivity index (χ0) is 22.9. The van der Waals surface area contributed by atoms with Crippen LogP contribution in [-0.4, -0.2) is 47.5 Å². The molecule has 0 bridgehead atoms. The van der Waals surface area contributed by atoms with Crippen LogP contribution >= 0.6 is 0 Å². The van der Waals surface area contributed by atoms with Crippen molar-refractivity contribution < 1.29 is 29.2 Å². The van der Waals surface area contributed by atoms with Gasteiger partial charge in [-0.3, -0.25) is 0 Å². The summed E-state index contributed by atoms with van der Waals surface area (Å²) in [6.45, 7) is 1.18. The van der Waals surface area contributed by atoms with Gasteiger partial charge in [0.15, 0.2) is 6.29 Å². The molecule has 1 aliphatic rings. The van der Waals surface area contributed by atoms with Crippen LogP contribution in [0.2, 0.25) is 0 Å². The van der Waals surface area contributed by atoms with Crippen molar-refractivity contribution in [2.75, 3.05) is 6.61 Å². The Morgan fingerprint density at radius 1 is 0.606 bits per heavy atom. The maximum atomic E-state index is 10.7. The molecule has 0 aromatic heterocycles. The molecule has 0 aliphatic carbocycles. The van der Waals surface area contributed by atoms with Crippen LogP contribution in [0.15, 0.2) is 91.0 Å². The average Bonchev–Trinajstić information content (AvgIpc) is 2.86. The van der Waals surface area contributed by atoms with E-state index in [2.05, 4.69) is 0 Å². The van der Waals surface area contributed by atoms with Gasteiger partial charge in [-0.1, -0.05) is 91.0 Å². The maximum Gasteiger partial charge on any atom is 0.184 e. The minimum atomic E-state index is -1.40. The number of aliphatic hydroxyl groups is 2. The van der Waals surface area contributed by atoms with Gasteiger partial charge in [0, 0.05) is 0 Å². The van der Waals surface area contributed by atoms with Crippen LogP contribution in [0.25, 0.3) is 0 Å². The fourth-order valence-electron chi connectivity index (χ4n) is 3.84. The van der Waals surface area contributed by atoms with Crippen molar-refractivity contribution in [2.24, 2.45) is 0 Å². The SMILES string of the molecule is OC1OC(COCc2ccccc2)C(OCc2ccccc2)C(OCc2ccccc2)C1O. The van der Waals surface area contributed by atoms with Crippen molar-refractivity contribution in [3.8, 4) is 0 Å². The van der Waals surface area contributed by atoms with E-state index in [9.17, 15) is 10.2 Å². The molecule has 3 aromatic carbocycles. The van der Waals surface area contributed by atoms with Crippen LogP contribution in [0.4, 0.5) is 0 Å². The standard InChI is InChI=1S/C27H30O6/c28-24-26(32-18-22-14-8-3-9-15-22)25(31-17-21-12-6-2-7-13-21)23(33-27(24)29)19-30-16-20-10-4-1-5-11-20/h1-15,23-29H,16-19H2. The Kier molecular flexibility index (Phi) is 8.60. The highest BCUT2D eigenvalue weighted by Gasteiger charge is 2.46. The van der Waals surface area contributed by atoms with E-state index in [-0.39, 0.29) is 13.2 Å². The number of hydrogen-bond donors (Lipinski definition) is 2. The molecule has 1 fully saturated rings. The van der Waals surface area contributed by atoms with Gasteiger partial charge in [-0.15, -0.1) is 0 Å². The van der Waals surface area contributed by atoms with Crippen molar-refractivity contribution in [3.05, 3.63) is 108 Å². The van der Waals surface area contributed by atoms with E-state index in [1.54, 1.807) is 0 Å². The smallest absolute Gasteiger partial charge is 0.184 e. The first-order valence-electron chi connectivity index (χ1n) is 11.1. The molecule has 174 valence electrons. The predicted molar refractivity (Wildman–Crippen MR) is 123 cm³/mol. The zero-order valence-corrected chi connectivity index (χ0v) is 18.4. The Bertz CT molecular complexity index is 937. The Morgan fingerprint density at radius 3 is 1.58 bits per heavy atom. The van der Waals surface area contributed by atoms with E-state index < -0.39 is 30.7 Å². The first-order chi connectivity index (χ1) is 16.2. The summed E-state index contributed by atoms with van der Waals surface area (Å²) in [5.41, 5.74) is 2.99. The zero-order valence-electron chi connectivity index (χ0n) is 18.4. The fraction of sp³-hybridized carbons (Fsp3) is 0.333. The molecule has 1 saturated heterocycles. The van der Waals surface area contributed by atoms with E-state index >= 15 is 0 Å². The molecular formula is C27H30O6. The molecule has 5 unspecified atom stereocenters. The third-order valence-electron chi connectivity index (χ3n) is 5.60. The summed E-state index contributed by atoms with van der Waals surface area (Å²) in [6.07, 6.45) is -4.68. The third-order valence-corrected chi connectivity index (χ3v) is 5.60. The van der Waals surface area contributed by atoms with Gasteiger partial charge < -0.3 is 29.2 Å². The summed E-state index contributed by atoms with van der Waals surface area (Å²) in [6, 6.07) is 29.3. The summed E-state index contributed by atoms with van der Waals surface area (Å²) >= 11 is 0. The van der Waals surface area contributed by atoms with Crippen LogP contribution < -0.4 is 0 Å². The summed E-state index contributed by atoms with van der Waals surface area (Å²) in [4.78, 5) is 0. The monoisotopic (exact) mass is 450 g/mol. The number of rotatable bonds is 10. The normalized spacial score (nSPS) is 25.1. The lowest BCUT2D eigenvalue weighted by Gasteiger charge is -2.42. The molecule has 1 aliphatic heterocycles. The number of aliphatic hydroxyl groups excluding tert-OH is 2. The molecule has 0 radical (unpaired) electrons. The van der Waals surface area contributed by atoms with E-state index in [0.717, 1.165) is 16.7 Å². The van der Waals surface area contributed by atoms with Crippen LogP contribution in [0.3, 0.4) is 0 Å². The first-order valence-corrected chi connectivity index (χ1v) is 11.1. The van der Waals surface area contributed by atoms with E-state index in [1.807, 2.05) is 91.0 Å². The molecule has 6 heteroatoms. The van der Waals surface area contributed by atoms with E-state index in [0.29, 0.717) is 13.2 Å². The first kappa shape index (κ1) is 23.6. The lowest BCUT2D eigenvalue weighted by atomic mass is 9.98. The molecule has 0 spiro atoms. The highest BCUT2D eigenvalue weighted by Crippen LogP contribution is 2.27. The molecule has 1 heterocycles. The Balaban J connectivity index is 1.46. The van der Waals surface area contributed by atoms with Crippen molar-refractivity contribution in [2.45, 2.75) is 50.5 Å². The molecule has 2 N–H and O–H groups in total. The van der Waals surface area contributed by atoms with E-state index in [1.165, 1.54) is 0 Å². The van der Waals surface area contributed by atoms with Gasteiger partial charge in [-0.25, -0.2) is 0 Å². The van der Waals surface area contributed by atoms with Gasteiger partial charge in [0.05, 0.1) is 26.4 Å². The lowest BCUT2D eigenvalue weighted by molar-refractivity contribution is -0.307. The van der Waals surface area contributed by atoms with E-state index in [4.69, 9.17) is 18.9 Å². The second-order valence-electron chi connectivity index (χ2n) is 8.08. The van der Waals surface area contributed by atoms with Gasteiger partial charge in [0.1, 0.15) is 24.4 Å². The fourth-order valence-corrected chi connectivity index (χ4v) is 3.84. The third kappa shape index (κ3) is 6.71. The topological polar surface area (TPSA) is 77.4 Å². The summed E-state index contributed by atoms with van der Waals surface area (Å²) < 4.78 is 23.9. The van der Waals surface area contributed by atoms with Crippen molar-refractivity contribution in [3.63, 3.8) is 0 Å². The predicted octanol–water partition coefficient (Wildman–Crippen LogP) is 3.45. The average molecular weight is 451 g/mol. The summed E-state index contributed by atoms with van der Waals surface area (Å²) in [5, 5.41) is 21.1. The molecule has 4 rings (SSSR count). The number of benzene rings is 3. The largest absolute Gasteiger partial charge is 0.385 e. The molecule has 6 nitrogen and oxygen atoms in total. The minimum Gasteiger partial charge on any atom is -0.385 e. The molecule has 33 heavy (non-hydrogen) atoms. The Morgan fingerprint density at radius 2 is 1.06 bits per heavy atom. The summed E-state index contributed by atoms with van der Waals surface area (Å²) in [5.74, 6) is 0. The number of ether oxygens (including phenoxy) is 4. The highest BCUT2D eigenvalue weighted by molar-refractivity contribution is 5.15. The molecule has 3 aromatic rings. The molecule has 0 amide bonds. The van der Waals surface area contributed by atoms with Crippen LogP contribution in [0, 0.1) is 0 Å². The van der Waals surface area contributed by atoms with Gasteiger partial charge in [0.25, 0.3) is 0 Å². The second kappa shape index (κ2) is 12.0. The van der Waals surface area contributed by atoms with Gasteiger partial charge in [0.2, 0.25) is 0 Å². The van der Waals surface area contributed by atoms with Crippen LogP contribution in [0.1, 0.15) is 16.7 Å². The van der Waals surface area contributed by atoms with Gasteiger partial charge in [-0.05, 0) is 16.7 Å².